The van der Waals surface area contributed by atoms with Gasteiger partial charge in [0, 0.05) is 0 Å². The number of hydrogen-bond donors (Lipinski definition) is 2. The van der Waals surface area contributed by atoms with Crippen LogP contribution in [-0.2, 0) is 14.3 Å². The molecule has 0 aliphatic carbocycles. The molecule has 1 rings (SSSR count). The molecule has 74 valence electrons. The van der Waals surface area contributed by atoms with Crippen LogP contribution in [0, 0.1) is 0 Å². The third kappa shape index (κ3) is 2.18. The summed E-state index contributed by atoms with van der Waals surface area (Å²) in [6.45, 7) is 5.28. The second-order valence-corrected chi connectivity index (χ2v) is 4.05. The topological polar surface area (TPSA) is 81.4 Å². The van der Waals surface area contributed by atoms with E-state index in [-0.39, 0.29) is 5.91 Å². The third-order valence-corrected chi connectivity index (χ3v) is 1.62. The quantitative estimate of drug-likeness (QED) is 0.413. The Morgan fingerprint density at radius 1 is 1.54 bits per heavy atom. The maximum atomic E-state index is 11.3. The average molecular weight is 186 g/mol. The van der Waals surface area contributed by atoms with Crippen molar-refractivity contribution in [1.29, 1.82) is 0 Å². The van der Waals surface area contributed by atoms with Gasteiger partial charge in [-0.3, -0.25) is 4.79 Å². The highest BCUT2D eigenvalue weighted by atomic mass is 16.6. The van der Waals surface area contributed by atoms with Crippen molar-refractivity contribution in [2.24, 2.45) is 5.73 Å². The van der Waals surface area contributed by atoms with Crippen LogP contribution in [0.5, 0.6) is 0 Å². The molecular formula is C8H14N2O3. The molecule has 2 unspecified atom stereocenters. The zero-order valence-corrected chi connectivity index (χ0v) is 7.96. The first-order valence-corrected chi connectivity index (χ1v) is 4.10. The van der Waals surface area contributed by atoms with E-state index in [1.165, 1.54) is 0 Å². The summed E-state index contributed by atoms with van der Waals surface area (Å²) in [7, 11) is 0. The molecule has 1 aliphatic rings. The minimum absolute atomic E-state index is 0.309. The number of amides is 1. The number of ether oxygens (including phenoxy) is 1. The van der Waals surface area contributed by atoms with Crippen molar-refractivity contribution in [2.45, 2.75) is 38.5 Å². The summed E-state index contributed by atoms with van der Waals surface area (Å²) in [5.41, 5.74) is 4.83. The standard InChI is InChI=1S/C8H14N2O3/c1-8(2,3)13-7(12)5-4(9)6(11)10-5/h4-5H,9H2,1-3H3,(H,10,11). The van der Waals surface area contributed by atoms with Gasteiger partial charge in [-0.25, -0.2) is 4.79 Å². The van der Waals surface area contributed by atoms with Crippen LogP contribution < -0.4 is 11.1 Å². The number of nitrogens with two attached hydrogens (primary N) is 1. The Morgan fingerprint density at radius 3 is 2.38 bits per heavy atom. The molecule has 2 atom stereocenters. The molecule has 0 aromatic heterocycles. The molecular weight excluding hydrogens is 172 g/mol. The SMILES string of the molecule is CC(C)(C)OC(=O)C1NC(=O)C1N. The first kappa shape index (κ1) is 9.98. The highest BCUT2D eigenvalue weighted by Gasteiger charge is 2.43. The fraction of sp³-hybridized carbons (Fsp3) is 0.750. The summed E-state index contributed by atoms with van der Waals surface area (Å²) in [4.78, 5) is 21.9. The molecule has 0 aromatic rings. The van der Waals surface area contributed by atoms with E-state index in [1.807, 2.05) is 0 Å². The second-order valence-electron chi connectivity index (χ2n) is 4.05. The summed E-state index contributed by atoms with van der Waals surface area (Å²) >= 11 is 0. The molecule has 1 fully saturated rings. The first-order chi connectivity index (χ1) is 5.81. The number of esters is 1. The zero-order valence-electron chi connectivity index (χ0n) is 7.96. The minimum Gasteiger partial charge on any atom is -0.458 e. The van der Waals surface area contributed by atoms with Crippen LogP contribution in [0.25, 0.3) is 0 Å². The largest absolute Gasteiger partial charge is 0.458 e. The number of β-lactam (4-membered cyclic amide) rings is 1. The number of carbonyl (C=O) groups is 2. The molecule has 0 aromatic carbocycles. The summed E-state index contributed by atoms with van der Waals surface area (Å²) in [6, 6.07) is -1.43. The van der Waals surface area contributed by atoms with Gasteiger partial charge in [0.15, 0.2) is 6.04 Å². The molecule has 5 heteroatoms. The fourth-order valence-electron chi connectivity index (χ4n) is 0.965. The van der Waals surface area contributed by atoms with Crippen LogP contribution in [0.2, 0.25) is 0 Å². The molecule has 1 heterocycles. The molecule has 1 amide bonds. The Bertz CT molecular complexity index is 244. The van der Waals surface area contributed by atoms with Gasteiger partial charge in [-0.2, -0.15) is 0 Å². The van der Waals surface area contributed by atoms with Gasteiger partial charge >= 0.3 is 5.97 Å². The first-order valence-electron chi connectivity index (χ1n) is 4.10. The molecule has 1 saturated heterocycles. The van der Waals surface area contributed by atoms with Gasteiger partial charge in [0.05, 0.1) is 0 Å². The Hall–Kier alpha value is -1.10. The maximum absolute atomic E-state index is 11.3. The van der Waals surface area contributed by atoms with Gasteiger partial charge in [-0.15, -0.1) is 0 Å². The Kier molecular flexibility index (Phi) is 2.30. The Labute approximate surface area is 76.6 Å². The highest BCUT2D eigenvalue weighted by Crippen LogP contribution is 2.12. The maximum Gasteiger partial charge on any atom is 0.331 e. The van der Waals surface area contributed by atoms with Crippen molar-refractivity contribution >= 4 is 11.9 Å². The van der Waals surface area contributed by atoms with Crippen LogP contribution in [0.3, 0.4) is 0 Å². The molecule has 0 saturated carbocycles. The van der Waals surface area contributed by atoms with E-state index in [0.717, 1.165) is 0 Å². The van der Waals surface area contributed by atoms with Crippen molar-refractivity contribution in [3.63, 3.8) is 0 Å². The lowest BCUT2D eigenvalue weighted by Crippen LogP contribution is -2.70. The van der Waals surface area contributed by atoms with E-state index in [9.17, 15) is 9.59 Å². The molecule has 5 nitrogen and oxygen atoms in total. The van der Waals surface area contributed by atoms with Crippen molar-refractivity contribution in [2.75, 3.05) is 0 Å². The van der Waals surface area contributed by atoms with E-state index >= 15 is 0 Å². The van der Waals surface area contributed by atoms with E-state index in [1.54, 1.807) is 20.8 Å². The normalized spacial score (nSPS) is 27.5. The monoisotopic (exact) mass is 186 g/mol. The van der Waals surface area contributed by atoms with E-state index in [0.29, 0.717) is 0 Å². The van der Waals surface area contributed by atoms with Crippen molar-refractivity contribution < 1.29 is 14.3 Å². The fourth-order valence-corrected chi connectivity index (χ4v) is 0.965. The van der Waals surface area contributed by atoms with E-state index < -0.39 is 23.7 Å². The van der Waals surface area contributed by atoms with Crippen molar-refractivity contribution in [3.8, 4) is 0 Å². The smallest absolute Gasteiger partial charge is 0.331 e. The predicted octanol–water partition coefficient (Wildman–Crippen LogP) is -0.846. The summed E-state index contributed by atoms with van der Waals surface area (Å²) in [6.07, 6.45) is 0. The van der Waals surface area contributed by atoms with Gasteiger partial charge in [0.1, 0.15) is 11.6 Å². The van der Waals surface area contributed by atoms with Gasteiger partial charge in [0.2, 0.25) is 5.91 Å². The van der Waals surface area contributed by atoms with Crippen LogP contribution in [0.4, 0.5) is 0 Å². The number of hydrogen-bond acceptors (Lipinski definition) is 4. The Morgan fingerprint density at radius 2 is 2.08 bits per heavy atom. The molecule has 1 aliphatic heterocycles. The molecule has 0 radical (unpaired) electrons. The third-order valence-electron chi connectivity index (χ3n) is 1.62. The minimum atomic E-state index is -0.755. The van der Waals surface area contributed by atoms with Crippen LogP contribution >= 0.6 is 0 Å². The Balaban J connectivity index is 2.47. The van der Waals surface area contributed by atoms with Gasteiger partial charge in [0.25, 0.3) is 0 Å². The van der Waals surface area contributed by atoms with Crippen molar-refractivity contribution in [3.05, 3.63) is 0 Å². The number of rotatable bonds is 1. The molecule has 3 N–H and O–H groups in total. The molecule has 0 spiro atoms. The van der Waals surface area contributed by atoms with Crippen LogP contribution in [0.15, 0.2) is 0 Å². The highest BCUT2D eigenvalue weighted by molar-refractivity contribution is 5.99. The van der Waals surface area contributed by atoms with Crippen LogP contribution in [0.1, 0.15) is 20.8 Å². The van der Waals surface area contributed by atoms with Gasteiger partial charge in [-0.1, -0.05) is 0 Å². The summed E-state index contributed by atoms with van der Waals surface area (Å²) < 4.78 is 5.03. The lowest BCUT2D eigenvalue weighted by Gasteiger charge is -2.33. The predicted molar refractivity (Wildman–Crippen MR) is 45.8 cm³/mol. The van der Waals surface area contributed by atoms with E-state index in [2.05, 4.69) is 5.32 Å². The number of nitrogens with one attached hydrogen (secondary N) is 1. The lowest BCUT2D eigenvalue weighted by molar-refractivity contribution is -0.164. The van der Waals surface area contributed by atoms with E-state index in [4.69, 9.17) is 10.5 Å². The average Bonchev–Trinajstić information content (AvgIpc) is 1.95. The summed E-state index contributed by atoms with van der Waals surface area (Å²) in [5, 5.41) is 2.38. The number of carbonyl (C=O) groups excluding carboxylic acids is 2. The van der Waals surface area contributed by atoms with Crippen molar-refractivity contribution in [1.82, 2.24) is 5.32 Å². The molecule has 13 heavy (non-hydrogen) atoms. The van der Waals surface area contributed by atoms with Gasteiger partial charge in [-0.05, 0) is 20.8 Å². The molecule has 0 bridgehead atoms. The lowest BCUT2D eigenvalue weighted by atomic mass is 10.0. The van der Waals surface area contributed by atoms with Crippen LogP contribution in [-0.4, -0.2) is 29.6 Å². The second kappa shape index (κ2) is 2.99. The zero-order chi connectivity index (χ0) is 10.2. The summed E-state index contributed by atoms with van der Waals surface area (Å²) in [5.74, 6) is -0.782. The van der Waals surface area contributed by atoms with Gasteiger partial charge < -0.3 is 15.8 Å².